The number of amides is 2. The molecule has 7 heteroatoms. The fourth-order valence-electron chi connectivity index (χ4n) is 2.97. The number of rotatable bonds is 5. The number of carbonyl (C=O) groups excluding carboxylic acids is 3. The Hall–Kier alpha value is -2.83. The summed E-state index contributed by atoms with van der Waals surface area (Å²) in [6.07, 6.45) is 2.32. The third-order valence-electron chi connectivity index (χ3n) is 5.22. The minimum atomic E-state index is -0.770. The number of allylic oxidation sites excluding steroid dienone is 1. The molecule has 0 saturated carbocycles. The zero-order valence-electron chi connectivity index (χ0n) is 18.5. The number of hydrogen-bond acceptors (Lipinski definition) is 5. The molecular formula is C23H32N2O5. The molecule has 30 heavy (non-hydrogen) atoms. The fraction of sp³-hybridized carbons (Fsp3) is 0.522. The molecule has 0 radical (unpaired) electrons. The van der Waals surface area contributed by atoms with Crippen molar-refractivity contribution in [2.24, 2.45) is 5.41 Å². The average Bonchev–Trinajstić information content (AvgIpc) is 2.68. The molecule has 1 aliphatic rings. The highest BCUT2D eigenvalue weighted by atomic mass is 16.7. The van der Waals surface area contributed by atoms with Crippen LogP contribution >= 0.6 is 0 Å². The number of nitrogens with one attached hydrogen (secondary N) is 1. The van der Waals surface area contributed by atoms with Crippen LogP contribution in [0.5, 0.6) is 5.75 Å². The summed E-state index contributed by atoms with van der Waals surface area (Å²) < 4.78 is 9.73. The Bertz CT molecular complexity index is 785. The monoisotopic (exact) mass is 416 g/mol. The van der Waals surface area contributed by atoms with E-state index in [0.717, 1.165) is 5.57 Å². The van der Waals surface area contributed by atoms with Crippen molar-refractivity contribution in [2.75, 3.05) is 19.7 Å². The molecule has 0 aromatic heterocycles. The summed E-state index contributed by atoms with van der Waals surface area (Å²) >= 11 is 0. The Morgan fingerprint density at radius 1 is 1.13 bits per heavy atom. The van der Waals surface area contributed by atoms with Crippen molar-refractivity contribution in [3.8, 4) is 5.75 Å². The number of ether oxygens (including phenoxy) is 2. The predicted molar refractivity (Wildman–Crippen MR) is 114 cm³/mol. The molecule has 0 atom stereocenters. The van der Waals surface area contributed by atoms with Crippen LogP contribution in [0.3, 0.4) is 0 Å². The second kappa shape index (κ2) is 10.3. The van der Waals surface area contributed by atoms with Crippen LogP contribution in [-0.4, -0.2) is 48.6 Å². The van der Waals surface area contributed by atoms with Gasteiger partial charge in [0.15, 0.2) is 0 Å². The summed E-state index contributed by atoms with van der Waals surface area (Å²) in [6, 6.07) is 6.46. The van der Waals surface area contributed by atoms with E-state index in [9.17, 15) is 14.4 Å². The highest BCUT2D eigenvalue weighted by Gasteiger charge is 2.25. The Morgan fingerprint density at radius 2 is 1.73 bits per heavy atom. The van der Waals surface area contributed by atoms with Gasteiger partial charge < -0.3 is 19.7 Å². The zero-order chi connectivity index (χ0) is 22.3. The van der Waals surface area contributed by atoms with Crippen LogP contribution in [0.4, 0.5) is 4.79 Å². The second-order valence-electron chi connectivity index (χ2n) is 8.46. The van der Waals surface area contributed by atoms with E-state index in [0.29, 0.717) is 37.2 Å². The van der Waals surface area contributed by atoms with Crippen molar-refractivity contribution in [3.05, 3.63) is 41.5 Å². The molecule has 1 aromatic rings. The summed E-state index contributed by atoms with van der Waals surface area (Å²) in [5.74, 6) is 0.167. The van der Waals surface area contributed by atoms with Crippen LogP contribution in [0.1, 0.15) is 57.8 Å². The van der Waals surface area contributed by atoms with Gasteiger partial charge in [-0.2, -0.15) is 0 Å². The van der Waals surface area contributed by atoms with Gasteiger partial charge in [0.25, 0.3) is 5.91 Å². The van der Waals surface area contributed by atoms with E-state index in [1.807, 2.05) is 6.92 Å². The Kier molecular flexibility index (Phi) is 8.03. The number of benzene rings is 1. The second-order valence-corrected chi connectivity index (χ2v) is 8.46. The Balaban J connectivity index is 1.85. The van der Waals surface area contributed by atoms with Crippen molar-refractivity contribution in [2.45, 2.75) is 53.5 Å². The minimum absolute atomic E-state index is 0.0377. The standard InChI is InChI=1S/C23H32N2O5/c1-6-29-22(28)30-19-9-7-17(8-10-19)21(27)25-13-11-18(12-14-25)24-20(26)15-16(2)23(3,4)5/h7-10,15,18H,6,11-14H2,1-5H3,(H,24,26)/b16-15+. The lowest BCUT2D eigenvalue weighted by molar-refractivity contribution is -0.117. The molecule has 0 bridgehead atoms. The first-order chi connectivity index (χ1) is 14.1. The molecule has 1 heterocycles. The van der Waals surface area contributed by atoms with E-state index in [1.54, 1.807) is 42.2 Å². The molecule has 0 spiro atoms. The van der Waals surface area contributed by atoms with Crippen molar-refractivity contribution in [1.29, 1.82) is 0 Å². The molecule has 0 aliphatic carbocycles. The number of piperidine rings is 1. The van der Waals surface area contributed by atoms with Crippen LogP contribution in [0.25, 0.3) is 0 Å². The molecule has 1 N–H and O–H groups in total. The number of hydrogen-bond donors (Lipinski definition) is 1. The van der Waals surface area contributed by atoms with Crippen LogP contribution in [0, 0.1) is 5.41 Å². The number of carbonyl (C=O) groups is 3. The first-order valence-electron chi connectivity index (χ1n) is 10.3. The summed E-state index contributed by atoms with van der Waals surface area (Å²) in [5.41, 5.74) is 1.52. The molecule has 1 aromatic carbocycles. The lowest BCUT2D eigenvalue weighted by atomic mass is 9.87. The van der Waals surface area contributed by atoms with Crippen LogP contribution in [-0.2, 0) is 9.53 Å². The van der Waals surface area contributed by atoms with E-state index in [2.05, 4.69) is 26.1 Å². The van der Waals surface area contributed by atoms with Crippen molar-refractivity contribution in [3.63, 3.8) is 0 Å². The third kappa shape index (κ3) is 6.90. The van der Waals surface area contributed by atoms with E-state index in [1.165, 1.54) is 0 Å². The SMILES string of the molecule is CCOC(=O)Oc1ccc(C(=O)N2CCC(NC(=O)/C=C(\C)C(C)(C)C)CC2)cc1. The van der Waals surface area contributed by atoms with Gasteiger partial charge in [-0.25, -0.2) is 4.79 Å². The lowest BCUT2D eigenvalue weighted by Gasteiger charge is -2.32. The maximum atomic E-state index is 12.7. The smallest absolute Gasteiger partial charge is 0.434 e. The summed E-state index contributed by atoms with van der Waals surface area (Å²) in [5, 5.41) is 3.04. The quantitative estimate of drug-likeness (QED) is 0.447. The van der Waals surface area contributed by atoms with Crippen LogP contribution < -0.4 is 10.1 Å². The van der Waals surface area contributed by atoms with E-state index in [4.69, 9.17) is 9.47 Å². The summed E-state index contributed by atoms with van der Waals surface area (Å²) in [4.78, 5) is 38.1. The van der Waals surface area contributed by atoms with Gasteiger partial charge >= 0.3 is 6.16 Å². The van der Waals surface area contributed by atoms with Gasteiger partial charge in [0.05, 0.1) is 6.61 Å². The van der Waals surface area contributed by atoms with Crippen molar-refractivity contribution < 1.29 is 23.9 Å². The first kappa shape index (κ1) is 23.4. The highest BCUT2D eigenvalue weighted by Crippen LogP contribution is 2.24. The van der Waals surface area contributed by atoms with Gasteiger partial charge in [-0.1, -0.05) is 26.3 Å². The topological polar surface area (TPSA) is 84.9 Å². The van der Waals surface area contributed by atoms with Gasteiger partial charge in [0.2, 0.25) is 5.91 Å². The third-order valence-corrected chi connectivity index (χ3v) is 5.22. The zero-order valence-corrected chi connectivity index (χ0v) is 18.5. The minimum Gasteiger partial charge on any atom is -0.434 e. The van der Waals surface area contributed by atoms with E-state index < -0.39 is 6.16 Å². The molecule has 1 fully saturated rings. The molecule has 1 aliphatic heterocycles. The fourth-order valence-corrected chi connectivity index (χ4v) is 2.97. The number of nitrogens with zero attached hydrogens (tertiary/aromatic N) is 1. The van der Waals surface area contributed by atoms with Gasteiger partial charge in [-0.3, -0.25) is 9.59 Å². The van der Waals surface area contributed by atoms with Crippen LogP contribution in [0.15, 0.2) is 35.9 Å². The maximum Gasteiger partial charge on any atom is 0.513 e. The first-order valence-corrected chi connectivity index (χ1v) is 10.3. The van der Waals surface area contributed by atoms with Gasteiger partial charge in [-0.05, 0) is 56.4 Å². The van der Waals surface area contributed by atoms with Crippen molar-refractivity contribution in [1.82, 2.24) is 10.2 Å². The Labute approximate surface area is 178 Å². The molecule has 2 amide bonds. The average molecular weight is 417 g/mol. The number of likely N-dealkylation sites (tertiary alicyclic amines) is 1. The van der Waals surface area contributed by atoms with Gasteiger partial charge in [0.1, 0.15) is 5.75 Å². The molecule has 2 rings (SSSR count). The van der Waals surface area contributed by atoms with Crippen molar-refractivity contribution >= 4 is 18.0 Å². The molecule has 1 saturated heterocycles. The summed E-state index contributed by atoms with van der Waals surface area (Å²) in [7, 11) is 0. The normalized spacial score (nSPS) is 15.5. The lowest BCUT2D eigenvalue weighted by Crippen LogP contribution is -2.46. The largest absolute Gasteiger partial charge is 0.513 e. The summed E-state index contributed by atoms with van der Waals surface area (Å²) in [6.45, 7) is 11.3. The predicted octanol–water partition coefficient (Wildman–Crippen LogP) is 3.94. The maximum absolute atomic E-state index is 12.7. The van der Waals surface area contributed by atoms with Gasteiger partial charge in [0, 0.05) is 30.8 Å². The van der Waals surface area contributed by atoms with Crippen LogP contribution in [0.2, 0.25) is 0 Å². The molecular weight excluding hydrogens is 384 g/mol. The van der Waals surface area contributed by atoms with E-state index in [-0.39, 0.29) is 29.9 Å². The highest BCUT2D eigenvalue weighted by molar-refractivity contribution is 5.94. The Morgan fingerprint density at radius 3 is 2.27 bits per heavy atom. The molecule has 0 unspecified atom stereocenters. The molecule has 7 nitrogen and oxygen atoms in total. The van der Waals surface area contributed by atoms with E-state index >= 15 is 0 Å². The van der Waals surface area contributed by atoms with Gasteiger partial charge in [-0.15, -0.1) is 0 Å². The molecule has 164 valence electrons.